The minimum atomic E-state index is -3.35. The number of thiophene rings is 1. The Balaban J connectivity index is 2.60. The molecule has 1 rings (SSSR count). The smallest absolute Gasteiger partial charge is 0.243 e. The molecular weight excluding hydrogens is 306 g/mol. The van der Waals surface area contributed by atoms with E-state index in [0.717, 1.165) is 37.4 Å². The van der Waals surface area contributed by atoms with E-state index in [4.69, 9.17) is 0 Å². The number of nitrogens with one attached hydrogen (secondary N) is 1. The van der Waals surface area contributed by atoms with Gasteiger partial charge >= 0.3 is 0 Å². The summed E-state index contributed by atoms with van der Waals surface area (Å²) in [6.07, 6.45) is 1.91. The molecular formula is C14H27N3O2S2. The van der Waals surface area contributed by atoms with Crippen molar-refractivity contribution in [3.05, 3.63) is 16.3 Å². The van der Waals surface area contributed by atoms with Crippen LogP contribution >= 0.6 is 11.3 Å². The van der Waals surface area contributed by atoms with Crippen molar-refractivity contribution in [2.45, 2.75) is 31.2 Å². The zero-order chi connectivity index (χ0) is 15.9. The molecule has 0 aliphatic heterocycles. The van der Waals surface area contributed by atoms with Gasteiger partial charge in [-0.3, -0.25) is 0 Å². The largest absolute Gasteiger partial charge is 0.312 e. The predicted molar refractivity (Wildman–Crippen MR) is 89.3 cm³/mol. The topological polar surface area (TPSA) is 52.7 Å². The highest BCUT2D eigenvalue weighted by Gasteiger charge is 2.21. The van der Waals surface area contributed by atoms with Crippen LogP contribution in [0.5, 0.6) is 0 Å². The van der Waals surface area contributed by atoms with Crippen LogP contribution < -0.4 is 5.32 Å². The van der Waals surface area contributed by atoms with Gasteiger partial charge in [-0.05, 0) is 46.1 Å². The van der Waals surface area contributed by atoms with Crippen molar-refractivity contribution in [3.63, 3.8) is 0 Å². The van der Waals surface area contributed by atoms with Gasteiger partial charge in [-0.25, -0.2) is 12.7 Å². The predicted octanol–water partition coefficient (Wildman–Crippen LogP) is 1.82. The second-order valence-electron chi connectivity index (χ2n) is 5.41. The molecule has 21 heavy (non-hydrogen) atoms. The Morgan fingerprint density at radius 3 is 2.57 bits per heavy atom. The Bertz CT molecular complexity index is 512. The maximum Gasteiger partial charge on any atom is 0.243 e. The van der Waals surface area contributed by atoms with E-state index in [9.17, 15) is 8.42 Å². The summed E-state index contributed by atoms with van der Waals surface area (Å²) in [5.41, 5.74) is 0. The molecule has 0 saturated carbocycles. The molecule has 7 heteroatoms. The summed E-state index contributed by atoms with van der Waals surface area (Å²) in [7, 11) is 2.28. The van der Waals surface area contributed by atoms with Gasteiger partial charge in [-0.15, -0.1) is 11.3 Å². The minimum Gasteiger partial charge on any atom is -0.312 e. The normalized spacial score (nSPS) is 12.5. The first-order valence-corrected chi connectivity index (χ1v) is 9.59. The summed E-state index contributed by atoms with van der Waals surface area (Å²) in [6.45, 7) is 5.22. The molecule has 0 atom stereocenters. The molecule has 0 aliphatic rings. The molecule has 0 bridgehead atoms. The van der Waals surface area contributed by atoms with Crippen molar-refractivity contribution < 1.29 is 8.42 Å². The average molecular weight is 334 g/mol. The molecule has 1 N–H and O–H groups in total. The van der Waals surface area contributed by atoms with Crippen molar-refractivity contribution in [3.8, 4) is 0 Å². The second-order valence-corrected chi connectivity index (χ2v) is 8.45. The van der Waals surface area contributed by atoms with Gasteiger partial charge in [0, 0.05) is 30.4 Å². The summed E-state index contributed by atoms with van der Waals surface area (Å²) in [5, 5.41) is 5.03. The van der Waals surface area contributed by atoms with Crippen LogP contribution in [0.4, 0.5) is 0 Å². The van der Waals surface area contributed by atoms with Gasteiger partial charge in [-0.1, -0.05) is 6.92 Å². The van der Waals surface area contributed by atoms with Gasteiger partial charge in [0.1, 0.15) is 0 Å². The van der Waals surface area contributed by atoms with Crippen LogP contribution in [0.25, 0.3) is 0 Å². The fraction of sp³-hybridized carbons (Fsp3) is 0.714. The Kier molecular flexibility index (Phi) is 7.83. The van der Waals surface area contributed by atoms with Gasteiger partial charge in [0.15, 0.2) is 0 Å². The van der Waals surface area contributed by atoms with Crippen molar-refractivity contribution in [2.24, 2.45) is 0 Å². The van der Waals surface area contributed by atoms with Crippen molar-refractivity contribution in [1.82, 2.24) is 14.5 Å². The number of sulfonamides is 1. The van der Waals surface area contributed by atoms with E-state index in [2.05, 4.69) is 17.1 Å². The average Bonchev–Trinajstić information content (AvgIpc) is 2.88. The third-order valence-electron chi connectivity index (χ3n) is 3.14. The quantitative estimate of drug-likeness (QED) is 0.664. The zero-order valence-corrected chi connectivity index (χ0v) is 15.1. The van der Waals surface area contributed by atoms with E-state index >= 15 is 0 Å². The zero-order valence-electron chi connectivity index (χ0n) is 13.4. The summed E-state index contributed by atoms with van der Waals surface area (Å²) in [5.74, 6) is 0. The van der Waals surface area contributed by atoms with Crippen LogP contribution in [0.1, 0.15) is 24.6 Å². The third kappa shape index (κ3) is 6.04. The molecule has 0 aliphatic carbocycles. The SMILES string of the molecule is CCCNCc1cc(S(=O)(=O)N(C)CCCN(C)C)cs1. The lowest BCUT2D eigenvalue weighted by molar-refractivity contribution is 0.370. The highest BCUT2D eigenvalue weighted by Crippen LogP contribution is 2.22. The van der Waals surface area contributed by atoms with Gasteiger partial charge in [0.2, 0.25) is 10.0 Å². The third-order valence-corrected chi connectivity index (χ3v) is 6.06. The second kappa shape index (κ2) is 8.85. The monoisotopic (exact) mass is 333 g/mol. The standard InChI is InChI=1S/C14H27N3O2S2/c1-5-7-15-11-13-10-14(12-20-13)21(18,19)17(4)9-6-8-16(2)3/h10,12,15H,5-9,11H2,1-4H3. The van der Waals surface area contributed by atoms with E-state index in [1.54, 1.807) is 18.5 Å². The lowest BCUT2D eigenvalue weighted by atomic mass is 10.4. The maximum atomic E-state index is 12.4. The molecule has 0 spiro atoms. The van der Waals surface area contributed by atoms with Crippen LogP contribution in [0.2, 0.25) is 0 Å². The molecule has 1 heterocycles. The number of rotatable bonds is 10. The molecule has 1 aromatic heterocycles. The first-order valence-electron chi connectivity index (χ1n) is 7.27. The van der Waals surface area contributed by atoms with E-state index < -0.39 is 10.0 Å². The highest BCUT2D eigenvalue weighted by molar-refractivity contribution is 7.89. The van der Waals surface area contributed by atoms with E-state index in [0.29, 0.717) is 11.4 Å². The first kappa shape index (κ1) is 18.6. The van der Waals surface area contributed by atoms with Gasteiger partial charge in [-0.2, -0.15) is 0 Å². The fourth-order valence-electron chi connectivity index (χ4n) is 1.89. The molecule has 0 radical (unpaired) electrons. The van der Waals surface area contributed by atoms with E-state index in [1.165, 1.54) is 15.6 Å². The van der Waals surface area contributed by atoms with Crippen LogP contribution in [0.3, 0.4) is 0 Å². The van der Waals surface area contributed by atoms with Gasteiger partial charge in [0.25, 0.3) is 0 Å². The lowest BCUT2D eigenvalue weighted by Crippen LogP contribution is -2.29. The van der Waals surface area contributed by atoms with E-state index in [1.807, 2.05) is 14.1 Å². The number of hydrogen-bond donors (Lipinski definition) is 1. The highest BCUT2D eigenvalue weighted by atomic mass is 32.2. The van der Waals surface area contributed by atoms with Crippen LogP contribution in [-0.4, -0.2) is 58.4 Å². The summed E-state index contributed by atoms with van der Waals surface area (Å²) in [4.78, 5) is 3.53. The molecule has 0 amide bonds. The Morgan fingerprint density at radius 1 is 1.24 bits per heavy atom. The fourth-order valence-corrected chi connectivity index (χ4v) is 4.33. The van der Waals surface area contributed by atoms with Crippen molar-refractivity contribution >= 4 is 21.4 Å². The van der Waals surface area contributed by atoms with Gasteiger partial charge in [0.05, 0.1) is 4.90 Å². The Labute approximate surface area is 133 Å². The lowest BCUT2D eigenvalue weighted by Gasteiger charge is -2.17. The van der Waals surface area contributed by atoms with Crippen molar-refractivity contribution in [1.29, 1.82) is 0 Å². The maximum absolute atomic E-state index is 12.4. The summed E-state index contributed by atoms with van der Waals surface area (Å²) < 4.78 is 26.3. The Morgan fingerprint density at radius 2 is 1.95 bits per heavy atom. The van der Waals surface area contributed by atoms with Crippen LogP contribution in [0.15, 0.2) is 16.3 Å². The molecule has 0 unspecified atom stereocenters. The van der Waals surface area contributed by atoms with Crippen LogP contribution in [0, 0.1) is 0 Å². The van der Waals surface area contributed by atoms with E-state index in [-0.39, 0.29) is 0 Å². The van der Waals surface area contributed by atoms with Crippen LogP contribution in [-0.2, 0) is 16.6 Å². The summed E-state index contributed by atoms with van der Waals surface area (Å²) >= 11 is 1.50. The molecule has 0 saturated heterocycles. The molecule has 0 aromatic carbocycles. The Hall–Kier alpha value is -0.470. The molecule has 0 fully saturated rings. The number of nitrogens with zero attached hydrogens (tertiary/aromatic N) is 2. The minimum absolute atomic E-state index is 0.410. The van der Waals surface area contributed by atoms with Crippen molar-refractivity contribution in [2.75, 3.05) is 40.8 Å². The molecule has 1 aromatic rings. The van der Waals surface area contributed by atoms with Gasteiger partial charge < -0.3 is 10.2 Å². The number of hydrogen-bond acceptors (Lipinski definition) is 5. The first-order chi connectivity index (χ1) is 9.87. The summed E-state index contributed by atoms with van der Waals surface area (Å²) in [6, 6.07) is 1.78. The molecule has 122 valence electrons. The molecule has 5 nitrogen and oxygen atoms in total.